The van der Waals surface area contributed by atoms with Crippen LogP contribution in [0.4, 0.5) is 10.3 Å². The summed E-state index contributed by atoms with van der Waals surface area (Å²) in [4.78, 5) is 33.3. The zero-order chi connectivity index (χ0) is 36.1. The van der Waals surface area contributed by atoms with E-state index >= 15 is 0 Å². The smallest absolute Gasteiger partial charge is 0.466 e. The van der Waals surface area contributed by atoms with E-state index in [0.29, 0.717) is 44.2 Å². The minimum atomic E-state index is -1.30. The quantitative estimate of drug-likeness (QED) is 0.0858. The van der Waals surface area contributed by atoms with Crippen LogP contribution in [0.15, 0.2) is 24.3 Å². The molecule has 18 nitrogen and oxygen atoms in total. The predicted molar refractivity (Wildman–Crippen MR) is 179 cm³/mol. The zero-order valence-electron chi connectivity index (χ0n) is 25.8. The van der Waals surface area contributed by atoms with Crippen molar-refractivity contribution in [2.24, 2.45) is 0 Å². The number of nitro groups is 1. The molecule has 2 aliphatic rings. The Bertz CT molecular complexity index is 1910. The van der Waals surface area contributed by atoms with Crippen molar-refractivity contribution in [3.63, 3.8) is 0 Å². The van der Waals surface area contributed by atoms with Crippen LogP contribution >= 0.6 is 45.9 Å². The highest BCUT2D eigenvalue weighted by Gasteiger charge is 2.40. The third-order valence-corrected chi connectivity index (χ3v) is 8.74. The summed E-state index contributed by atoms with van der Waals surface area (Å²) in [5.41, 5.74) is 7.27. The van der Waals surface area contributed by atoms with Crippen LogP contribution in [0.3, 0.4) is 0 Å². The van der Waals surface area contributed by atoms with Crippen LogP contribution < -0.4 is 26.1 Å². The van der Waals surface area contributed by atoms with Crippen molar-refractivity contribution in [2.75, 3.05) is 18.9 Å². The standard InChI is InChI=1S/C13H11BClN3O7S.C13H13BClN3O5S/c1-2-23-10(19)5-9-11-7(14(20)25-9)3-6(4-8(11)15)24-13-17-16-12(26-13)18(21)22;1-2-21-10(19)5-9-11-7(14(20)23-9)3-6(4-8(11)15)22-13-18-17-12(16)24-13/h3-4,9,20H,2,5H2,1H3;3-4,9,20H,2,5H2,1H3,(H2,16,17). The molecule has 0 bridgehead atoms. The van der Waals surface area contributed by atoms with E-state index in [4.69, 9.17) is 57.2 Å². The Morgan fingerprint density at radius 1 is 0.860 bits per heavy atom. The maximum Gasteiger partial charge on any atom is 0.492 e. The number of hydrogen-bond donors (Lipinski definition) is 3. The van der Waals surface area contributed by atoms with Crippen molar-refractivity contribution >= 4 is 93.2 Å². The molecule has 4 N–H and O–H groups in total. The highest BCUT2D eigenvalue weighted by molar-refractivity contribution is 7.16. The summed E-state index contributed by atoms with van der Waals surface area (Å²) in [5, 5.41) is 45.7. The lowest BCUT2D eigenvalue weighted by molar-refractivity contribution is -0.385. The first-order chi connectivity index (χ1) is 23.9. The summed E-state index contributed by atoms with van der Waals surface area (Å²) in [7, 11) is -2.51. The fraction of sp³-hybridized carbons (Fsp3) is 0.308. The average Bonchev–Trinajstić information content (AvgIpc) is 3.81. The summed E-state index contributed by atoms with van der Waals surface area (Å²) in [6.07, 6.45) is -1.55. The lowest BCUT2D eigenvalue weighted by atomic mass is 9.79. The molecular weight excluding hydrogens is 745 g/mol. The van der Waals surface area contributed by atoms with Gasteiger partial charge in [-0.25, -0.2) is 0 Å². The van der Waals surface area contributed by atoms with E-state index in [0.717, 1.165) is 11.3 Å². The Morgan fingerprint density at radius 2 is 1.32 bits per heavy atom. The third kappa shape index (κ3) is 8.76. The number of fused-ring (bicyclic) bond motifs is 2. The van der Waals surface area contributed by atoms with Gasteiger partial charge in [-0.3, -0.25) is 9.59 Å². The van der Waals surface area contributed by atoms with Gasteiger partial charge in [0.1, 0.15) is 16.6 Å². The van der Waals surface area contributed by atoms with E-state index < -0.39 is 48.4 Å². The van der Waals surface area contributed by atoms with Crippen LogP contribution in [0.2, 0.25) is 10.0 Å². The molecule has 2 aromatic heterocycles. The maximum absolute atomic E-state index is 11.7. The number of nitrogen functional groups attached to an aromatic ring is 1. The molecule has 2 aliphatic heterocycles. The van der Waals surface area contributed by atoms with Gasteiger partial charge in [-0.15, -0.1) is 5.10 Å². The van der Waals surface area contributed by atoms with Gasteiger partial charge in [-0.1, -0.05) is 28.3 Å². The Labute approximate surface area is 300 Å². The number of nitrogens with two attached hydrogens (primary N) is 1. The van der Waals surface area contributed by atoms with Crippen LogP contribution in [-0.2, 0) is 28.4 Å². The number of carbonyl (C=O) groups is 2. The number of benzene rings is 2. The fourth-order valence-corrected chi connectivity index (χ4v) is 6.54. The van der Waals surface area contributed by atoms with Gasteiger partial charge in [0.2, 0.25) is 5.13 Å². The topological polar surface area (TPSA) is 251 Å². The molecule has 0 radical (unpaired) electrons. The first-order valence-electron chi connectivity index (χ1n) is 14.4. The summed E-state index contributed by atoms with van der Waals surface area (Å²) >= 11 is 14.3. The van der Waals surface area contributed by atoms with Crippen LogP contribution in [0.5, 0.6) is 21.9 Å². The predicted octanol–water partition coefficient (Wildman–Crippen LogP) is 2.88. The van der Waals surface area contributed by atoms with Gasteiger partial charge in [0.15, 0.2) is 0 Å². The molecule has 0 spiro atoms. The Hall–Kier alpha value is -4.15. The number of hydrogen-bond acceptors (Lipinski definition) is 19. The molecule has 2 aromatic carbocycles. The number of rotatable bonds is 11. The number of carbonyl (C=O) groups excluding carboxylic acids is 2. The van der Waals surface area contributed by atoms with E-state index in [1.807, 2.05) is 0 Å². The Morgan fingerprint density at radius 3 is 1.72 bits per heavy atom. The van der Waals surface area contributed by atoms with Gasteiger partial charge < -0.3 is 54.2 Å². The molecule has 262 valence electrons. The summed E-state index contributed by atoms with van der Waals surface area (Å²) in [6, 6.07) is 6.03. The third-order valence-electron chi connectivity index (χ3n) is 6.73. The second kappa shape index (κ2) is 16.2. The molecule has 2 atom stereocenters. The van der Waals surface area contributed by atoms with Gasteiger partial charge in [0.05, 0.1) is 38.3 Å². The molecule has 4 aromatic rings. The summed E-state index contributed by atoms with van der Waals surface area (Å²) in [6.45, 7) is 3.90. The van der Waals surface area contributed by atoms with E-state index in [2.05, 4.69) is 20.4 Å². The van der Waals surface area contributed by atoms with Crippen LogP contribution in [0, 0.1) is 10.1 Å². The molecule has 0 saturated heterocycles. The molecule has 50 heavy (non-hydrogen) atoms. The number of halogens is 2. The Kier molecular flexibility index (Phi) is 12.1. The minimum absolute atomic E-state index is 0.0369. The fourth-order valence-electron chi connectivity index (χ4n) is 4.85. The van der Waals surface area contributed by atoms with Crippen LogP contribution in [0.25, 0.3) is 0 Å². The second-order valence-electron chi connectivity index (χ2n) is 10.0. The highest BCUT2D eigenvalue weighted by atomic mass is 35.5. The molecule has 6 rings (SSSR count). The maximum atomic E-state index is 11.7. The van der Waals surface area contributed by atoms with Gasteiger partial charge in [-0.05, 0) is 76.4 Å². The number of anilines is 1. The molecule has 0 amide bonds. The molecule has 24 heteroatoms. The lowest BCUT2D eigenvalue weighted by Gasteiger charge is -2.13. The van der Waals surface area contributed by atoms with Gasteiger partial charge in [0.25, 0.3) is 0 Å². The van der Waals surface area contributed by atoms with Gasteiger partial charge in [-0.2, -0.15) is 0 Å². The van der Waals surface area contributed by atoms with Crippen molar-refractivity contribution in [1.82, 2.24) is 20.4 Å². The van der Waals surface area contributed by atoms with Crippen molar-refractivity contribution in [3.8, 4) is 21.9 Å². The first kappa shape index (κ1) is 37.1. The number of nitrogens with zero attached hydrogens (tertiary/aromatic N) is 5. The van der Waals surface area contributed by atoms with E-state index in [-0.39, 0.29) is 52.3 Å². The van der Waals surface area contributed by atoms with Crippen LogP contribution in [0.1, 0.15) is 50.0 Å². The Balaban J connectivity index is 0.000000195. The van der Waals surface area contributed by atoms with E-state index in [1.165, 1.54) is 12.1 Å². The molecule has 0 fully saturated rings. The first-order valence-corrected chi connectivity index (χ1v) is 16.8. The van der Waals surface area contributed by atoms with Gasteiger partial charge >= 0.3 is 41.7 Å². The largest absolute Gasteiger partial charge is 0.492 e. The summed E-state index contributed by atoms with van der Waals surface area (Å²) < 4.78 is 31.5. The normalized spacial score (nSPS) is 15.9. The molecule has 2 unspecified atom stereocenters. The monoisotopic (exact) mass is 768 g/mol. The van der Waals surface area contributed by atoms with E-state index in [9.17, 15) is 29.8 Å². The SMILES string of the molecule is CCOC(=O)CC1OB(O)c2cc(Oc3nnc(N)s3)cc(Cl)c21.CCOC(=O)CC1OB(O)c2cc(Oc3nnc([N+](=O)[O-])s3)cc(Cl)c21. The van der Waals surface area contributed by atoms with Crippen molar-refractivity contribution in [3.05, 3.63) is 55.6 Å². The lowest BCUT2D eigenvalue weighted by Crippen LogP contribution is -2.28. The zero-order valence-corrected chi connectivity index (χ0v) is 29.0. The average molecular weight is 769 g/mol. The van der Waals surface area contributed by atoms with Gasteiger partial charge in [0, 0.05) is 26.5 Å². The second-order valence-corrected chi connectivity index (χ2v) is 12.7. The van der Waals surface area contributed by atoms with Crippen molar-refractivity contribution in [2.45, 2.75) is 38.9 Å². The molecular formula is C26H24B2Cl2N6O12S2. The number of ether oxygens (including phenoxy) is 4. The molecule has 0 aliphatic carbocycles. The van der Waals surface area contributed by atoms with Crippen molar-refractivity contribution in [1.29, 1.82) is 0 Å². The highest BCUT2D eigenvalue weighted by Crippen LogP contribution is 2.38. The molecule has 0 saturated carbocycles. The van der Waals surface area contributed by atoms with Crippen LogP contribution in [-0.4, -0.2) is 74.8 Å². The molecule has 4 heterocycles. The number of aromatic nitrogens is 4. The number of esters is 2. The minimum Gasteiger partial charge on any atom is -0.466 e. The van der Waals surface area contributed by atoms with Crippen molar-refractivity contribution < 1.29 is 52.8 Å². The summed E-state index contributed by atoms with van der Waals surface area (Å²) in [5.74, 6) is -0.355. The van der Waals surface area contributed by atoms with E-state index in [1.54, 1.807) is 26.0 Å².